The Morgan fingerprint density at radius 3 is 2.54 bits per heavy atom. The summed E-state index contributed by atoms with van der Waals surface area (Å²) in [5, 5.41) is 2.72. The van der Waals surface area contributed by atoms with Crippen molar-refractivity contribution in [2.24, 2.45) is 0 Å². The number of ether oxygens (including phenoxy) is 1. The van der Waals surface area contributed by atoms with Gasteiger partial charge in [-0.1, -0.05) is 36.2 Å². The highest BCUT2D eigenvalue weighted by Crippen LogP contribution is 2.34. The lowest BCUT2D eigenvalue weighted by Gasteiger charge is -2.38. The molecule has 0 saturated carbocycles. The average molecular weight is 511 g/mol. The van der Waals surface area contributed by atoms with Crippen LogP contribution in [0.25, 0.3) is 0 Å². The number of fused-ring (bicyclic) bond motifs is 1. The quantitative estimate of drug-likeness (QED) is 0.365. The van der Waals surface area contributed by atoms with Crippen LogP contribution in [-0.4, -0.2) is 47.4 Å². The number of benzene rings is 2. The number of aryl methyl sites for hydroxylation is 1. The third kappa shape index (κ3) is 5.88. The predicted octanol–water partition coefficient (Wildman–Crippen LogP) is 6.16. The molecule has 2 amide bonds. The molecular weight excluding hydrogens is 480 g/mol. The predicted molar refractivity (Wildman–Crippen MR) is 141 cm³/mol. The molecule has 0 unspecified atom stereocenters. The molecule has 7 heteroatoms. The Morgan fingerprint density at radius 2 is 1.86 bits per heavy atom. The molecule has 184 valence electrons. The molecule has 2 aromatic carbocycles. The number of hydrogen-bond donors (Lipinski definition) is 0. The van der Waals surface area contributed by atoms with Gasteiger partial charge in [0.05, 0.1) is 6.04 Å². The van der Waals surface area contributed by atoms with E-state index in [1.54, 1.807) is 28.4 Å². The summed E-state index contributed by atoms with van der Waals surface area (Å²) in [4.78, 5) is 31.9. The van der Waals surface area contributed by atoms with Crippen LogP contribution < -0.4 is 4.74 Å². The van der Waals surface area contributed by atoms with E-state index in [0.29, 0.717) is 29.5 Å². The molecule has 35 heavy (non-hydrogen) atoms. The molecule has 0 fully saturated rings. The molecule has 1 aromatic heterocycles. The largest absolute Gasteiger partial charge is 0.491 e. The summed E-state index contributed by atoms with van der Waals surface area (Å²) in [5.41, 5.74) is 2.82. The maximum Gasteiger partial charge on any atom is 0.254 e. The zero-order valence-electron chi connectivity index (χ0n) is 20.4. The van der Waals surface area contributed by atoms with Crippen molar-refractivity contribution in [2.75, 3.05) is 19.7 Å². The monoisotopic (exact) mass is 510 g/mol. The van der Waals surface area contributed by atoms with E-state index in [1.807, 2.05) is 62.1 Å². The van der Waals surface area contributed by atoms with E-state index in [-0.39, 0.29) is 30.4 Å². The van der Waals surface area contributed by atoms with Crippen LogP contribution in [0.4, 0.5) is 0 Å². The van der Waals surface area contributed by atoms with Crippen LogP contribution in [0.2, 0.25) is 5.02 Å². The number of carbonyl (C=O) groups excluding carboxylic acids is 2. The van der Waals surface area contributed by atoms with Crippen molar-refractivity contribution in [1.82, 2.24) is 9.80 Å². The third-order valence-electron chi connectivity index (χ3n) is 6.62. The second-order valence-electron chi connectivity index (χ2n) is 8.97. The van der Waals surface area contributed by atoms with Gasteiger partial charge in [-0.15, -0.1) is 11.3 Å². The molecular formula is C28H31ClN2O3S. The van der Waals surface area contributed by atoms with E-state index in [9.17, 15) is 9.59 Å². The van der Waals surface area contributed by atoms with Gasteiger partial charge in [-0.2, -0.15) is 0 Å². The topological polar surface area (TPSA) is 49.9 Å². The van der Waals surface area contributed by atoms with Crippen molar-refractivity contribution >= 4 is 34.8 Å². The van der Waals surface area contributed by atoms with Gasteiger partial charge < -0.3 is 14.5 Å². The first-order valence-electron chi connectivity index (χ1n) is 12.0. The molecule has 0 saturated heterocycles. The van der Waals surface area contributed by atoms with Gasteiger partial charge in [-0.05, 0) is 80.1 Å². The molecule has 5 nitrogen and oxygen atoms in total. The number of nitrogens with zero attached hydrogens (tertiary/aromatic N) is 2. The van der Waals surface area contributed by atoms with Gasteiger partial charge >= 0.3 is 0 Å². The number of rotatable bonds is 8. The van der Waals surface area contributed by atoms with Crippen molar-refractivity contribution in [2.45, 2.75) is 45.7 Å². The molecule has 4 rings (SSSR count). The van der Waals surface area contributed by atoms with Crippen LogP contribution in [0, 0.1) is 6.92 Å². The lowest BCUT2D eigenvalue weighted by atomic mass is 10.00. The van der Waals surface area contributed by atoms with Crippen molar-refractivity contribution in [1.29, 1.82) is 0 Å². The summed E-state index contributed by atoms with van der Waals surface area (Å²) in [6.07, 6.45) is 1.58. The first-order chi connectivity index (χ1) is 16.9. The average Bonchev–Trinajstić information content (AvgIpc) is 3.35. The lowest BCUT2D eigenvalue weighted by molar-refractivity contribution is -0.136. The fraction of sp³-hybridized carbons (Fsp3) is 0.357. The Kier molecular flexibility index (Phi) is 8.14. The molecule has 3 aromatic rings. The van der Waals surface area contributed by atoms with Crippen LogP contribution >= 0.6 is 22.9 Å². The van der Waals surface area contributed by atoms with Crippen LogP contribution in [0.3, 0.4) is 0 Å². The zero-order chi connectivity index (χ0) is 24.9. The molecule has 2 heterocycles. The van der Waals surface area contributed by atoms with Crippen molar-refractivity contribution < 1.29 is 14.3 Å². The van der Waals surface area contributed by atoms with Crippen molar-refractivity contribution in [3.05, 3.63) is 86.6 Å². The normalized spacial score (nSPS) is 15.9. The fourth-order valence-corrected chi connectivity index (χ4v) is 5.38. The van der Waals surface area contributed by atoms with Crippen LogP contribution in [0.1, 0.15) is 52.7 Å². The van der Waals surface area contributed by atoms with E-state index in [4.69, 9.17) is 16.3 Å². The summed E-state index contributed by atoms with van der Waals surface area (Å²) >= 11 is 7.72. The minimum absolute atomic E-state index is 0.0403. The van der Waals surface area contributed by atoms with E-state index in [1.165, 1.54) is 4.88 Å². The Bertz CT molecular complexity index is 1160. The number of amides is 2. The van der Waals surface area contributed by atoms with Crippen LogP contribution in [-0.2, 0) is 11.2 Å². The molecule has 0 spiro atoms. The Labute approximate surface area is 216 Å². The molecule has 0 radical (unpaired) electrons. The maximum absolute atomic E-state index is 13.7. The summed E-state index contributed by atoms with van der Waals surface area (Å²) in [7, 11) is 0. The van der Waals surface area contributed by atoms with Crippen molar-refractivity contribution in [3.8, 4) is 5.75 Å². The van der Waals surface area contributed by atoms with Gasteiger partial charge in [0.15, 0.2) is 0 Å². The number of carbonyl (C=O) groups is 2. The van der Waals surface area contributed by atoms with E-state index in [0.717, 1.165) is 24.0 Å². The number of halogens is 1. The Morgan fingerprint density at radius 1 is 1.14 bits per heavy atom. The highest BCUT2D eigenvalue weighted by Gasteiger charge is 2.34. The highest BCUT2D eigenvalue weighted by molar-refractivity contribution is 7.10. The minimum Gasteiger partial charge on any atom is -0.491 e. The van der Waals surface area contributed by atoms with Gasteiger partial charge in [-0.25, -0.2) is 0 Å². The Balaban J connectivity index is 1.54. The highest BCUT2D eigenvalue weighted by atomic mass is 35.5. The van der Waals surface area contributed by atoms with Crippen LogP contribution in [0.15, 0.2) is 60.0 Å². The molecule has 0 N–H and O–H groups in total. The summed E-state index contributed by atoms with van der Waals surface area (Å²) in [6.45, 7) is 7.00. The van der Waals surface area contributed by atoms with Gasteiger partial charge in [0.2, 0.25) is 5.91 Å². The van der Waals surface area contributed by atoms with Gasteiger partial charge in [0.25, 0.3) is 5.91 Å². The Hall–Kier alpha value is -2.83. The maximum atomic E-state index is 13.7. The van der Waals surface area contributed by atoms with E-state index < -0.39 is 0 Å². The molecule has 0 bridgehead atoms. The second kappa shape index (κ2) is 11.3. The van der Waals surface area contributed by atoms with Gasteiger partial charge in [0, 0.05) is 28.0 Å². The smallest absolute Gasteiger partial charge is 0.254 e. The van der Waals surface area contributed by atoms with E-state index >= 15 is 0 Å². The van der Waals surface area contributed by atoms with Crippen LogP contribution in [0.5, 0.6) is 5.75 Å². The van der Waals surface area contributed by atoms with Gasteiger partial charge in [0.1, 0.15) is 18.9 Å². The molecule has 0 aliphatic carbocycles. The zero-order valence-corrected chi connectivity index (χ0v) is 21.9. The summed E-state index contributed by atoms with van der Waals surface area (Å²) in [5.74, 6) is 0.530. The fourth-order valence-electron chi connectivity index (χ4n) is 4.33. The first-order valence-corrected chi connectivity index (χ1v) is 13.2. The number of hydrogen-bond acceptors (Lipinski definition) is 4. The minimum atomic E-state index is -0.207. The second-order valence-corrected chi connectivity index (χ2v) is 10.4. The molecule has 2 atom stereocenters. The molecule has 1 aliphatic rings. The third-order valence-corrected chi connectivity index (χ3v) is 7.87. The summed E-state index contributed by atoms with van der Waals surface area (Å²) in [6, 6.07) is 16.6. The SMILES string of the molecule is CC[C@H](C)N(CC(=O)N1CCc2sccc2[C@H]1COc1ccc(Cl)cc1)C(=O)c1ccc(C)cc1. The molecule has 1 aliphatic heterocycles. The summed E-state index contributed by atoms with van der Waals surface area (Å²) < 4.78 is 6.08. The van der Waals surface area contributed by atoms with E-state index in [2.05, 4.69) is 11.4 Å². The number of thiophene rings is 1. The van der Waals surface area contributed by atoms with Crippen molar-refractivity contribution in [3.63, 3.8) is 0 Å². The standard InChI is InChI=1S/C28H31ClN2O3S/c1-4-20(3)31(28(33)21-7-5-19(2)6-8-21)17-27(32)30-15-13-26-24(14-16-35-26)25(30)18-34-23-11-9-22(29)10-12-23/h5-12,14,16,20,25H,4,13,15,17-18H2,1-3H3/t20-,25+/m0/s1. The van der Waals surface area contributed by atoms with Gasteiger partial charge in [-0.3, -0.25) is 9.59 Å². The first kappa shape index (κ1) is 25.3. The lowest BCUT2D eigenvalue weighted by Crippen LogP contribution is -2.49.